The fourth-order valence-electron chi connectivity index (χ4n) is 1.28. The van der Waals surface area contributed by atoms with Crippen LogP contribution in [0.2, 0.25) is 0 Å². The molecule has 0 saturated carbocycles. The molecule has 0 unspecified atom stereocenters. The number of rotatable bonds is 3. The quantitative estimate of drug-likeness (QED) is 0.831. The Hall–Kier alpha value is -0.630. The van der Waals surface area contributed by atoms with Crippen molar-refractivity contribution in [2.45, 2.75) is 6.54 Å². The molecule has 0 spiro atoms. The van der Waals surface area contributed by atoms with E-state index in [1.54, 1.807) is 9.58 Å². The van der Waals surface area contributed by atoms with Crippen molar-refractivity contribution in [3.63, 3.8) is 0 Å². The first-order valence-electron chi connectivity index (χ1n) is 4.34. The second-order valence-corrected chi connectivity index (χ2v) is 4.39. The number of carbonyl (C=O) groups is 1. The number of hydrogen-bond acceptors (Lipinski definition) is 4. The fourth-order valence-corrected chi connectivity index (χ4v) is 2.31. The molecular formula is C7H8Br2N4O2. The maximum Gasteiger partial charge on any atom is 0.410 e. The molecule has 1 amide bonds. The summed E-state index contributed by atoms with van der Waals surface area (Å²) in [6.45, 7) is 2.29. The number of nitrogens with zero attached hydrogens (tertiary/aromatic N) is 4. The first-order valence-corrected chi connectivity index (χ1v) is 5.93. The van der Waals surface area contributed by atoms with Crippen molar-refractivity contribution in [2.75, 3.05) is 19.7 Å². The second-order valence-electron chi connectivity index (χ2n) is 2.97. The summed E-state index contributed by atoms with van der Waals surface area (Å²) in [7, 11) is 0. The van der Waals surface area contributed by atoms with Gasteiger partial charge in [-0.2, -0.15) is 4.98 Å². The third kappa shape index (κ3) is 2.49. The molecule has 1 aliphatic rings. The average molecular weight is 340 g/mol. The Bertz CT molecular complexity index is 381. The van der Waals surface area contributed by atoms with Crippen LogP contribution in [0.1, 0.15) is 0 Å². The minimum Gasteiger partial charge on any atom is -0.448 e. The first-order chi connectivity index (χ1) is 7.16. The molecule has 6 nitrogen and oxygen atoms in total. The van der Waals surface area contributed by atoms with Crippen molar-refractivity contribution < 1.29 is 9.53 Å². The lowest BCUT2D eigenvalue weighted by atomic mass is 10.5. The molecule has 1 aromatic heterocycles. The molecule has 15 heavy (non-hydrogen) atoms. The minimum atomic E-state index is -0.259. The summed E-state index contributed by atoms with van der Waals surface area (Å²) in [6.07, 6.45) is -0.259. The number of ether oxygens (including phenoxy) is 1. The van der Waals surface area contributed by atoms with Crippen molar-refractivity contribution in [1.82, 2.24) is 19.7 Å². The predicted molar refractivity (Wildman–Crippen MR) is 58.3 cm³/mol. The topological polar surface area (TPSA) is 60.2 Å². The smallest absolute Gasteiger partial charge is 0.410 e. The number of amides is 1. The molecule has 1 fully saturated rings. The molecule has 1 saturated heterocycles. The van der Waals surface area contributed by atoms with Gasteiger partial charge in [-0.3, -0.25) is 0 Å². The van der Waals surface area contributed by atoms with Gasteiger partial charge < -0.3 is 9.64 Å². The monoisotopic (exact) mass is 338 g/mol. The molecule has 0 atom stereocenters. The SMILES string of the molecule is O=C1OCCN1CCn1nc(Br)nc1Br. The van der Waals surface area contributed by atoms with Gasteiger partial charge in [0.1, 0.15) is 6.61 Å². The van der Waals surface area contributed by atoms with Crippen LogP contribution in [0.5, 0.6) is 0 Å². The van der Waals surface area contributed by atoms with E-state index in [1.165, 1.54) is 0 Å². The van der Waals surface area contributed by atoms with Gasteiger partial charge in [0.25, 0.3) is 0 Å². The molecule has 0 radical (unpaired) electrons. The van der Waals surface area contributed by atoms with Gasteiger partial charge in [0.15, 0.2) is 4.73 Å². The third-order valence-electron chi connectivity index (χ3n) is 2.03. The van der Waals surface area contributed by atoms with Crippen LogP contribution in [0.3, 0.4) is 0 Å². The number of aromatic nitrogens is 3. The van der Waals surface area contributed by atoms with E-state index in [-0.39, 0.29) is 6.09 Å². The number of cyclic esters (lactones) is 1. The van der Waals surface area contributed by atoms with E-state index in [0.717, 1.165) is 0 Å². The van der Waals surface area contributed by atoms with E-state index in [0.29, 0.717) is 35.7 Å². The van der Waals surface area contributed by atoms with Crippen molar-refractivity contribution in [3.8, 4) is 0 Å². The minimum absolute atomic E-state index is 0.259. The van der Waals surface area contributed by atoms with Gasteiger partial charge in [-0.1, -0.05) is 0 Å². The highest BCUT2D eigenvalue weighted by molar-refractivity contribution is 9.11. The first kappa shape index (κ1) is 10.9. The molecule has 8 heteroatoms. The summed E-state index contributed by atoms with van der Waals surface area (Å²) in [5.41, 5.74) is 0. The van der Waals surface area contributed by atoms with E-state index in [2.05, 4.69) is 41.9 Å². The molecular weight excluding hydrogens is 332 g/mol. The molecule has 2 heterocycles. The van der Waals surface area contributed by atoms with Gasteiger partial charge >= 0.3 is 6.09 Å². The number of hydrogen-bond donors (Lipinski definition) is 0. The summed E-state index contributed by atoms with van der Waals surface area (Å²) in [4.78, 5) is 16.8. The van der Waals surface area contributed by atoms with Crippen LogP contribution in [0, 0.1) is 0 Å². The molecule has 82 valence electrons. The molecule has 0 bridgehead atoms. The van der Waals surface area contributed by atoms with Crippen LogP contribution in [0.25, 0.3) is 0 Å². The van der Waals surface area contributed by atoms with Crippen molar-refractivity contribution in [3.05, 3.63) is 9.47 Å². The highest BCUT2D eigenvalue weighted by Gasteiger charge is 2.21. The van der Waals surface area contributed by atoms with Crippen LogP contribution >= 0.6 is 31.9 Å². The molecule has 1 aliphatic heterocycles. The number of halogens is 2. The second kappa shape index (κ2) is 4.48. The normalized spacial score (nSPS) is 15.9. The predicted octanol–water partition coefficient (Wildman–Crippen LogP) is 1.26. The summed E-state index contributed by atoms with van der Waals surface area (Å²) in [6, 6.07) is 0. The Balaban J connectivity index is 1.92. The van der Waals surface area contributed by atoms with Crippen LogP contribution in [-0.2, 0) is 11.3 Å². The summed E-state index contributed by atoms with van der Waals surface area (Å²) in [5.74, 6) is 0. The highest BCUT2D eigenvalue weighted by atomic mass is 79.9. The van der Waals surface area contributed by atoms with Gasteiger partial charge in [-0.25, -0.2) is 9.48 Å². The van der Waals surface area contributed by atoms with E-state index >= 15 is 0 Å². The van der Waals surface area contributed by atoms with E-state index in [1.807, 2.05) is 0 Å². The third-order valence-corrected chi connectivity index (χ3v) is 2.95. The van der Waals surface area contributed by atoms with Gasteiger partial charge in [-0.05, 0) is 31.9 Å². The summed E-state index contributed by atoms with van der Waals surface area (Å²) >= 11 is 6.44. The van der Waals surface area contributed by atoms with Gasteiger partial charge in [0.2, 0.25) is 4.73 Å². The Morgan fingerprint density at radius 2 is 2.20 bits per heavy atom. The zero-order valence-electron chi connectivity index (χ0n) is 7.69. The Kier molecular flexibility index (Phi) is 3.25. The maximum absolute atomic E-state index is 11.1. The van der Waals surface area contributed by atoms with Crippen LogP contribution in [0.4, 0.5) is 4.79 Å². The Morgan fingerprint density at radius 1 is 1.40 bits per heavy atom. The molecule has 1 aromatic rings. The van der Waals surface area contributed by atoms with E-state index < -0.39 is 0 Å². The lowest BCUT2D eigenvalue weighted by Crippen LogP contribution is -2.28. The standard InChI is InChI=1S/C7H8Br2N4O2/c8-5-10-6(9)13(11-5)2-1-12-3-4-15-7(12)14/h1-4H2. The molecule has 0 aliphatic carbocycles. The number of carbonyl (C=O) groups excluding carboxylic acids is 1. The van der Waals surface area contributed by atoms with Gasteiger partial charge in [0, 0.05) is 6.54 Å². The average Bonchev–Trinajstić information content (AvgIpc) is 2.70. The van der Waals surface area contributed by atoms with Crippen molar-refractivity contribution in [1.29, 1.82) is 0 Å². The van der Waals surface area contributed by atoms with Crippen molar-refractivity contribution in [2.24, 2.45) is 0 Å². The van der Waals surface area contributed by atoms with E-state index in [4.69, 9.17) is 4.74 Å². The van der Waals surface area contributed by atoms with Crippen LogP contribution in [-0.4, -0.2) is 45.5 Å². The highest BCUT2D eigenvalue weighted by Crippen LogP contribution is 2.11. The largest absolute Gasteiger partial charge is 0.448 e. The molecule has 2 rings (SSSR count). The zero-order chi connectivity index (χ0) is 10.8. The van der Waals surface area contributed by atoms with Crippen LogP contribution in [0.15, 0.2) is 9.47 Å². The van der Waals surface area contributed by atoms with Gasteiger partial charge in [0.05, 0.1) is 13.1 Å². The Labute approximate surface area is 103 Å². The zero-order valence-corrected chi connectivity index (χ0v) is 10.9. The lowest BCUT2D eigenvalue weighted by Gasteiger charge is -2.11. The fraction of sp³-hybridized carbons (Fsp3) is 0.571. The summed E-state index contributed by atoms with van der Waals surface area (Å²) in [5, 5.41) is 4.09. The molecule has 0 N–H and O–H groups in total. The Morgan fingerprint density at radius 3 is 2.73 bits per heavy atom. The van der Waals surface area contributed by atoms with Gasteiger partial charge in [-0.15, -0.1) is 5.10 Å². The summed E-state index contributed by atoms with van der Waals surface area (Å²) < 4.78 is 7.65. The van der Waals surface area contributed by atoms with E-state index in [9.17, 15) is 4.79 Å². The molecule has 0 aromatic carbocycles. The van der Waals surface area contributed by atoms with Crippen molar-refractivity contribution >= 4 is 38.0 Å². The lowest BCUT2D eigenvalue weighted by molar-refractivity contribution is 0.157. The van der Waals surface area contributed by atoms with Crippen LogP contribution < -0.4 is 0 Å². The maximum atomic E-state index is 11.1.